The average molecular weight is 900 g/mol. The van der Waals surface area contributed by atoms with Gasteiger partial charge in [0.15, 0.2) is 12.4 Å². The molecule has 0 saturated heterocycles. The van der Waals surface area contributed by atoms with E-state index in [9.17, 15) is 13.0 Å². The summed E-state index contributed by atoms with van der Waals surface area (Å²) in [6.45, 7) is 6.89. The molecule has 0 N–H and O–H groups in total. The van der Waals surface area contributed by atoms with Crippen LogP contribution >= 0.6 is 11.6 Å². The molecule has 0 amide bonds. The Labute approximate surface area is 390 Å². The van der Waals surface area contributed by atoms with Crippen molar-refractivity contribution in [3.63, 3.8) is 0 Å². The molecule has 1 heterocycles. The van der Waals surface area contributed by atoms with Gasteiger partial charge in [0.25, 0.3) is 0 Å². The normalized spacial score (nSPS) is 12.1. The maximum Gasteiger partial charge on any atom is 0.169 e. The zero-order valence-corrected chi connectivity index (χ0v) is 41.1. The molecule has 63 heavy (non-hydrogen) atoms. The lowest BCUT2D eigenvalue weighted by Crippen LogP contribution is -2.25. The van der Waals surface area contributed by atoms with Gasteiger partial charge in [-0.05, 0) is 125 Å². The molecule has 0 saturated carbocycles. The van der Waals surface area contributed by atoms with Crippen molar-refractivity contribution in [2.45, 2.75) is 173 Å². The summed E-state index contributed by atoms with van der Waals surface area (Å²) in [6, 6.07) is 18.6. The van der Waals surface area contributed by atoms with Crippen LogP contribution in [-0.4, -0.2) is 26.1 Å². The molecular formula is C56H83ClN2O3S. The van der Waals surface area contributed by atoms with Crippen LogP contribution in [0.25, 0.3) is 12.2 Å². The largest absolute Gasteiger partial charge is 0.744 e. The molecule has 0 aliphatic carbocycles. The van der Waals surface area contributed by atoms with Gasteiger partial charge in [-0.25, -0.2) is 13.0 Å². The second-order valence-electron chi connectivity index (χ2n) is 16.8. The minimum atomic E-state index is -4.33. The number of pyridine rings is 1. The van der Waals surface area contributed by atoms with E-state index in [2.05, 4.69) is 140 Å². The molecule has 7 heteroatoms. The van der Waals surface area contributed by atoms with Gasteiger partial charge in [0.2, 0.25) is 0 Å². The third-order valence-corrected chi connectivity index (χ3v) is 12.2. The van der Waals surface area contributed by atoms with Gasteiger partial charge >= 0.3 is 0 Å². The molecule has 3 aromatic rings. The summed E-state index contributed by atoms with van der Waals surface area (Å²) in [4.78, 5) is 2.40. The third-order valence-electron chi connectivity index (χ3n) is 11.1. The maximum absolute atomic E-state index is 10.3. The van der Waals surface area contributed by atoms with E-state index in [1.807, 2.05) is 0 Å². The summed E-state index contributed by atoms with van der Waals surface area (Å²) in [5.74, 6) is 0. The number of allylic oxidation sites excluding steroid dienone is 8. The molecule has 2 aromatic carbocycles. The fourth-order valence-electron chi connectivity index (χ4n) is 7.17. The lowest BCUT2D eigenvalue weighted by atomic mass is 10.1. The van der Waals surface area contributed by atoms with E-state index < -0.39 is 10.1 Å². The Balaban J connectivity index is 0.00000107. The molecule has 0 unspecified atom stereocenters. The highest BCUT2D eigenvalue weighted by atomic mass is 35.5. The molecule has 0 atom stereocenters. The highest BCUT2D eigenvalue weighted by Gasteiger charge is 2.07. The molecule has 1 aromatic heterocycles. The van der Waals surface area contributed by atoms with Crippen LogP contribution in [0.15, 0.2) is 127 Å². The van der Waals surface area contributed by atoms with Crippen molar-refractivity contribution in [2.24, 2.45) is 7.05 Å². The Bertz CT molecular complexity index is 1750. The minimum Gasteiger partial charge on any atom is -0.744 e. The number of nitrogens with zero attached hydrogens (tertiary/aromatic N) is 2. The highest BCUT2D eigenvalue weighted by molar-refractivity contribution is 7.85. The first kappa shape index (κ1) is 55.4. The van der Waals surface area contributed by atoms with Crippen molar-refractivity contribution in [3.05, 3.63) is 138 Å². The molecule has 0 aliphatic heterocycles. The zero-order valence-electron chi connectivity index (χ0n) is 39.5. The van der Waals surface area contributed by atoms with Crippen LogP contribution in [0.5, 0.6) is 0 Å². The van der Waals surface area contributed by atoms with Crippen molar-refractivity contribution in [3.8, 4) is 0 Å². The molecule has 0 aliphatic rings. The first-order valence-electron chi connectivity index (χ1n) is 24.5. The second-order valence-corrected chi connectivity index (χ2v) is 18.6. The van der Waals surface area contributed by atoms with Crippen molar-refractivity contribution in [1.82, 2.24) is 0 Å². The van der Waals surface area contributed by atoms with Gasteiger partial charge in [-0.2, -0.15) is 0 Å². The van der Waals surface area contributed by atoms with Crippen LogP contribution in [0.3, 0.4) is 0 Å². The van der Waals surface area contributed by atoms with Gasteiger partial charge < -0.3 is 9.45 Å². The Morgan fingerprint density at radius 1 is 0.508 bits per heavy atom. The Morgan fingerprint density at radius 2 is 0.889 bits per heavy atom. The van der Waals surface area contributed by atoms with Crippen molar-refractivity contribution >= 4 is 39.6 Å². The fraction of sp³-hybridized carbons (Fsp3) is 0.518. The molecule has 5 nitrogen and oxygen atoms in total. The van der Waals surface area contributed by atoms with Gasteiger partial charge in [-0.1, -0.05) is 175 Å². The van der Waals surface area contributed by atoms with Crippen LogP contribution < -0.4 is 9.47 Å². The van der Waals surface area contributed by atoms with Crippen LogP contribution in [0.1, 0.15) is 179 Å². The summed E-state index contributed by atoms with van der Waals surface area (Å²) >= 11 is 5.46. The summed E-state index contributed by atoms with van der Waals surface area (Å²) in [6.07, 6.45) is 58.8. The monoisotopic (exact) mass is 899 g/mol. The predicted molar refractivity (Wildman–Crippen MR) is 273 cm³/mol. The summed E-state index contributed by atoms with van der Waals surface area (Å²) < 4.78 is 33.1. The molecule has 0 spiro atoms. The number of hydrogen-bond acceptors (Lipinski definition) is 4. The molecule has 348 valence electrons. The number of benzene rings is 2. The number of unbranched alkanes of at least 4 members (excludes halogenated alkanes) is 18. The molecule has 0 radical (unpaired) electrons. The van der Waals surface area contributed by atoms with E-state index in [0.717, 1.165) is 12.8 Å². The number of hydrogen-bond donors (Lipinski definition) is 0. The van der Waals surface area contributed by atoms with E-state index in [1.165, 1.54) is 195 Å². The van der Waals surface area contributed by atoms with Crippen LogP contribution in [0.2, 0.25) is 5.02 Å². The second kappa shape index (κ2) is 37.6. The Morgan fingerprint density at radius 3 is 1.30 bits per heavy atom. The average Bonchev–Trinajstić information content (AvgIpc) is 3.28. The first-order valence-corrected chi connectivity index (χ1v) is 26.3. The van der Waals surface area contributed by atoms with Crippen molar-refractivity contribution in [2.75, 3.05) is 18.0 Å². The van der Waals surface area contributed by atoms with Gasteiger partial charge in [-0.15, -0.1) is 0 Å². The molecular weight excluding hydrogens is 816 g/mol. The summed E-state index contributed by atoms with van der Waals surface area (Å²) in [5.41, 5.74) is 3.88. The van der Waals surface area contributed by atoms with E-state index >= 15 is 0 Å². The Kier molecular flexibility index (Phi) is 33.1. The van der Waals surface area contributed by atoms with E-state index in [0.29, 0.717) is 5.02 Å². The van der Waals surface area contributed by atoms with Crippen molar-refractivity contribution in [1.29, 1.82) is 0 Å². The van der Waals surface area contributed by atoms with E-state index in [1.54, 1.807) is 0 Å². The fourth-order valence-corrected chi connectivity index (χ4v) is 7.76. The summed E-state index contributed by atoms with van der Waals surface area (Å²) in [7, 11) is -2.27. The molecule has 0 fully saturated rings. The number of aromatic nitrogens is 1. The highest BCUT2D eigenvalue weighted by Crippen LogP contribution is 2.20. The minimum absolute atomic E-state index is 0.262. The SMILES string of the molecule is CCCCC/C=C\C/C=C\CCCCCCCCN(CCCCCCCC/C=C\C/C=C\CCCCC)c1ccc(C=Cc2cc[n+](C)cc2)cc1.O=S(=O)([O-])c1ccc(Cl)cc1. The van der Waals surface area contributed by atoms with E-state index in [-0.39, 0.29) is 4.90 Å². The summed E-state index contributed by atoms with van der Waals surface area (Å²) in [5, 5.41) is 0.400. The zero-order chi connectivity index (χ0) is 45.5. The number of aryl methyl sites for hydroxylation is 1. The van der Waals surface area contributed by atoms with Crippen LogP contribution in [0.4, 0.5) is 5.69 Å². The topological polar surface area (TPSA) is 64.3 Å². The third kappa shape index (κ3) is 30.9. The van der Waals surface area contributed by atoms with Gasteiger partial charge in [0.1, 0.15) is 17.2 Å². The van der Waals surface area contributed by atoms with Gasteiger partial charge in [0.05, 0.1) is 4.90 Å². The van der Waals surface area contributed by atoms with Gasteiger partial charge in [-0.3, -0.25) is 0 Å². The van der Waals surface area contributed by atoms with Crippen LogP contribution in [0, 0.1) is 0 Å². The van der Waals surface area contributed by atoms with Crippen LogP contribution in [-0.2, 0) is 17.2 Å². The maximum atomic E-state index is 10.3. The number of rotatable bonds is 34. The number of anilines is 1. The quantitative estimate of drug-likeness (QED) is 0.0259. The smallest absolute Gasteiger partial charge is 0.169 e. The number of halogens is 1. The van der Waals surface area contributed by atoms with Crippen molar-refractivity contribution < 1.29 is 17.5 Å². The van der Waals surface area contributed by atoms with Gasteiger partial charge in [0, 0.05) is 35.9 Å². The molecule has 0 bridgehead atoms. The molecule has 3 rings (SSSR count). The standard InChI is InChI=1S/C50H79N2.C6H5ClO3S/c1-4-6-8-10-12-14-16-18-20-22-24-26-28-30-32-34-44-52(50-40-38-48(39-41-50)36-37-49-42-46-51(3)47-43-49)45-35-33-31-29-27-25-23-21-19-17-15-13-11-9-7-5-2;7-5-1-3-6(4-2-5)11(8,9)10/h12-15,18-21,36-43,46-47H,4-11,16-17,22-35,44-45H2,1-3H3;1-4H,(H,8,9,10)/q+1;/p-1/b14-12-,15-13-,20-18-,21-19-;. The Hall–Kier alpha value is -3.71. The van der Waals surface area contributed by atoms with E-state index in [4.69, 9.17) is 11.6 Å². The lowest BCUT2D eigenvalue weighted by molar-refractivity contribution is -0.671. The first-order chi connectivity index (χ1) is 30.7. The predicted octanol–water partition coefficient (Wildman–Crippen LogP) is 16.4. The lowest BCUT2D eigenvalue weighted by Gasteiger charge is -2.25.